The maximum absolute atomic E-state index is 13.4. The van der Waals surface area contributed by atoms with Crippen LogP contribution in [0.4, 0.5) is 0 Å². The molecule has 4 aliphatic rings. The molecule has 1 aromatic carbocycles. The van der Waals surface area contributed by atoms with Crippen molar-refractivity contribution in [1.82, 2.24) is 20.2 Å². The van der Waals surface area contributed by atoms with E-state index in [-0.39, 0.29) is 30.0 Å². The van der Waals surface area contributed by atoms with Crippen LogP contribution in [0.15, 0.2) is 24.3 Å². The molecule has 4 fully saturated rings. The molecule has 1 aromatic rings. The van der Waals surface area contributed by atoms with E-state index in [0.29, 0.717) is 12.5 Å². The summed E-state index contributed by atoms with van der Waals surface area (Å²) in [4.78, 5) is 30.7. The van der Waals surface area contributed by atoms with Crippen molar-refractivity contribution in [1.29, 1.82) is 0 Å². The number of carbonyl (C=O) groups excluding carboxylic acids is 2. The number of nitrogens with zero attached hydrogens (tertiary/aromatic N) is 3. The van der Waals surface area contributed by atoms with Crippen LogP contribution in [0.5, 0.6) is 5.75 Å². The first-order valence-corrected chi connectivity index (χ1v) is 11.4. The Morgan fingerprint density at radius 3 is 2.60 bits per heavy atom. The molecule has 1 N–H and O–H groups in total. The zero-order valence-electron chi connectivity index (χ0n) is 17.8. The molecule has 4 unspecified atom stereocenters. The van der Waals surface area contributed by atoms with Gasteiger partial charge in [0.05, 0.1) is 7.11 Å². The second-order valence-electron chi connectivity index (χ2n) is 9.11. The third-order valence-corrected chi connectivity index (χ3v) is 7.43. The molecule has 0 spiro atoms. The van der Waals surface area contributed by atoms with Gasteiger partial charge in [-0.05, 0) is 56.2 Å². The van der Waals surface area contributed by atoms with E-state index in [2.05, 4.69) is 15.3 Å². The SMILES string of the molecule is COc1ccc(CN2C(=O)C3CCNN3C3CCC(C(=O)N4CCCC4)CC32)cc1. The molecule has 3 heterocycles. The lowest BCUT2D eigenvalue weighted by molar-refractivity contribution is -0.158. The van der Waals surface area contributed by atoms with Gasteiger partial charge < -0.3 is 14.5 Å². The molecule has 3 saturated heterocycles. The van der Waals surface area contributed by atoms with Gasteiger partial charge in [0.1, 0.15) is 11.8 Å². The average molecular weight is 413 g/mol. The standard InChI is InChI=1S/C23H32N4O3/c1-30-18-7-4-16(5-8-18)15-26-21-14-17(22(28)25-12-2-3-13-25)6-9-19(21)27-20(23(26)29)10-11-24-27/h4-5,7-8,17,19-21,24H,2-3,6,9-15H2,1H3. The van der Waals surface area contributed by atoms with Crippen molar-refractivity contribution in [2.75, 3.05) is 26.7 Å². The van der Waals surface area contributed by atoms with Crippen LogP contribution in [0.2, 0.25) is 0 Å². The van der Waals surface area contributed by atoms with Gasteiger partial charge in [0.25, 0.3) is 0 Å². The molecule has 7 nitrogen and oxygen atoms in total. The number of likely N-dealkylation sites (tertiary alicyclic amines) is 1. The fourth-order valence-corrected chi connectivity index (χ4v) is 5.86. The highest BCUT2D eigenvalue weighted by molar-refractivity contribution is 5.84. The number of hydrogen-bond acceptors (Lipinski definition) is 5. The summed E-state index contributed by atoms with van der Waals surface area (Å²) in [5, 5.41) is 2.22. The Hall–Kier alpha value is -2.12. The molecule has 162 valence electrons. The van der Waals surface area contributed by atoms with Crippen molar-refractivity contribution in [2.45, 2.75) is 63.2 Å². The Bertz CT molecular complexity index is 792. The van der Waals surface area contributed by atoms with Crippen molar-refractivity contribution in [2.24, 2.45) is 5.92 Å². The van der Waals surface area contributed by atoms with E-state index in [9.17, 15) is 9.59 Å². The van der Waals surface area contributed by atoms with Crippen LogP contribution in [0.1, 0.15) is 44.1 Å². The summed E-state index contributed by atoms with van der Waals surface area (Å²) >= 11 is 0. The molecule has 1 aliphatic carbocycles. The number of fused-ring (bicyclic) bond motifs is 3. The number of methoxy groups -OCH3 is 1. The van der Waals surface area contributed by atoms with Gasteiger partial charge in [-0.2, -0.15) is 0 Å². The van der Waals surface area contributed by atoms with Crippen LogP contribution in [0, 0.1) is 5.92 Å². The first kappa shape index (κ1) is 19.8. The molecular weight excluding hydrogens is 380 g/mol. The summed E-state index contributed by atoms with van der Waals surface area (Å²) in [6.45, 7) is 3.24. The molecule has 4 atom stereocenters. The van der Waals surface area contributed by atoms with E-state index in [1.54, 1.807) is 7.11 Å². The van der Waals surface area contributed by atoms with E-state index >= 15 is 0 Å². The minimum atomic E-state index is -0.0738. The highest BCUT2D eigenvalue weighted by Crippen LogP contribution is 2.39. The molecule has 0 bridgehead atoms. The van der Waals surface area contributed by atoms with Crippen molar-refractivity contribution in [3.63, 3.8) is 0 Å². The summed E-state index contributed by atoms with van der Waals surface area (Å²) in [7, 11) is 1.66. The number of benzene rings is 1. The Morgan fingerprint density at radius 2 is 1.87 bits per heavy atom. The number of rotatable bonds is 4. The summed E-state index contributed by atoms with van der Waals surface area (Å²) in [6, 6.07) is 8.26. The predicted molar refractivity (Wildman–Crippen MR) is 113 cm³/mol. The quantitative estimate of drug-likeness (QED) is 0.817. The average Bonchev–Trinajstić information content (AvgIpc) is 3.49. The number of nitrogens with one attached hydrogen (secondary N) is 1. The summed E-state index contributed by atoms with van der Waals surface area (Å²) in [5.41, 5.74) is 4.57. The van der Waals surface area contributed by atoms with Gasteiger partial charge >= 0.3 is 0 Å². The highest BCUT2D eigenvalue weighted by atomic mass is 16.5. The van der Waals surface area contributed by atoms with Crippen LogP contribution in [-0.4, -0.2) is 71.5 Å². The molecule has 0 radical (unpaired) electrons. The number of hydrogen-bond donors (Lipinski definition) is 1. The van der Waals surface area contributed by atoms with Gasteiger partial charge in [0, 0.05) is 44.2 Å². The van der Waals surface area contributed by atoms with Crippen LogP contribution in [0.3, 0.4) is 0 Å². The first-order chi connectivity index (χ1) is 14.7. The topological polar surface area (TPSA) is 65.1 Å². The summed E-state index contributed by atoms with van der Waals surface area (Å²) < 4.78 is 5.27. The van der Waals surface area contributed by atoms with E-state index in [0.717, 1.165) is 69.5 Å². The molecule has 0 aromatic heterocycles. The molecule has 3 aliphatic heterocycles. The largest absolute Gasteiger partial charge is 0.497 e. The van der Waals surface area contributed by atoms with Crippen LogP contribution < -0.4 is 10.2 Å². The number of hydrazine groups is 1. The second-order valence-corrected chi connectivity index (χ2v) is 9.11. The van der Waals surface area contributed by atoms with E-state index in [1.165, 1.54) is 0 Å². The zero-order valence-corrected chi connectivity index (χ0v) is 17.8. The number of ether oxygens (including phenoxy) is 1. The van der Waals surface area contributed by atoms with Gasteiger partial charge in [-0.25, -0.2) is 5.01 Å². The second kappa shape index (κ2) is 8.19. The predicted octanol–water partition coefficient (Wildman–Crippen LogP) is 1.78. The number of carbonyl (C=O) groups is 2. The van der Waals surface area contributed by atoms with E-state index in [1.807, 2.05) is 29.2 Å². The molecule has 5 rings (SSSR count). The van der Waals surface area contributed by atoms with Crippen LogP contribution in [0.25, 0.3) is 0 Å². The lowest BCUT2D eigenvalue weighted by Gasteiger charge is -2.52. The molecule has 1 saturated carbocycles. The molecule has 2 amide bonds. The van der Waals surface area contributed by atoms with Crippen molar-refractivity contribution in [3.05, 3.63) is 29.8 Å². The minimum absolute atomic E-state index is 0.0367. The van der Waals surface area contributed by atoms with Crippen molar-refractivity contribution >= 4 is 11.8 Å². The highest BCUT2D eigenvalue weighted by Gasteiger charge is 2.51. The van der Waals surface area contributed by atoms with E-state index in [4.69, 9.17) is 4.74 Å². The Balaban J connectivity index is 1.38. The smallest absolute Gasteiger partial charge is 0.242 e. The zero-order chi connectivity index (χ0) is 20.7. The molecular formula is C23H32N4O3. The maximum atomic E-state index is 13.4. The Kier molecular flexibility index (Phi) is 5.41. The van der Waals surface area contributed by atoms with Crippen molar-refractivity contribution in [3.8, 4) is 5.75 Å². The lowest BCUT2D eigenvalue weighted by atomic mass is 9.78. The monoisotopic (exact) mass is 412 g/mol. The van der Waals surface area contributed by atoms with Crippen LogP contribution >= 0.6 is 0 Å². The molecule has 7 heteroatoms. The molecule has 30 heavy (non-hydrogen) atoms. The minimum Gasteiger partial charge on any atom is -0.497 e. The summed E-state index contributed by atoms with van der Waals surface area (Å²) in [5.74, 6) is 1.36. The van der Waals surface area contributed by atoms with Crippen LogP contribution in [-0.2, 0) is 16.1 Å². The van der Waals surface area contributed by atoms with Gasteiger partial charge in [-0.15, -0.1) is 0 Å². The van der Waals surface area contributed by atoms with Gasteiger partial charge in [-0.1, -0.05) is 12.1 Å². The lowest BCUT2D eigenvalue weighted by Crippen LogP contribution is -2.68. The van der Waals surface area contributed by atoms with Gasteiger partial charge in [0.15, 0.2) is 0 Å². The fourth-order valence-electron chi connectivity index (χ4n) is 5.86. The third-order valence-electron chi connectivity index (χ3n) is 7.43. The Morgan fingerprint density at radius 1 is 1.10 bits per heavy atom. The van der Waals surface area contributed by atoms with Crippen molar-refractivity contribution < 1.29 is 14.3 Å². The van der Waals surface area contributed by atoms with E-state index < -0.39 is 0 Å². The number of piperazine rings is 1. The van der Waals surface area contributed by atoms with Gasteiger partial charge in [-0.3, -0.25) is 15.0 Å². The summed E-state index contributed by atoms with van der Waals surface area (Å²) in [6.07, 6.45) is 5.75. The normalized spacial score (nSPS) is 31.6. The maximum Gasteiger partial charge on any atom is 0.242 e. The third kappa shape index (κ3) is 3.48. The fraction of sp³-hybridized carbons (Fsp3) is 0.652. The Labute approximate surface area is 178 Å². The number of amides is 2. The van der Waals surface area contributed by atoms with Gasteiger partial charge in [0.2, 0.25) is 11.8 Å². The first-order valence-electron chi connectivity index (χ1n) is 11.4.